The molecule has 0 saturated carbocycles. The fourth-order valence-electron chi connectivity index (χ4n) is 1.36. The number of aliphatic hydroxyl groups is 4. The summed E-state index contributed by atoms with van der Waals surface area (Å²) < 4.78 is 0. The molecule has 10 nitrogen and oxygen atoms in total. The average Bonchev–Trinajstić information content (AvgIpc) is 2.55. The van der Waals surface area contributed by atoms with Crippen molar-refractivity contribution in [3.05, 3.63) is 0 Å². The second-order valence-electron chi connectivity index (χ2n) is 6.39. The van der Waals surface area contributed by atoms with Gasteiger partial charge in [0.1, 0.15) is 0 Å². The summed E-state index contributed by atoms with van der Waals surface area (Å²) in [5, 5.41) is 48.5. The maximum Gasteiger partial charge on any atom is 0.249 e. The van der Waals surface area contributed by atoms with Gasteiger partial charge in [-0.25, -0.2) is 0 Å². The minimum absolute atomic E-state index is 0.424. The highest BCUT2D eigenvalue weighted by Crippen LogP contribution is 2.17. The Morgan fingerprint density at radius 3 is 1.21 bits per heavy atom. The Labute approximate surface area is 141 Å². The number of hydrogen-bond acceptors (Lipinski definition) is 8. The van der Waals surface area contributed by atoms with Gasteiger partial charge in [0.2, 0.25) is 11.8 Å². The van der Waals surface area contributed by atoms with Crippen molar-refractivity contribution in [3.63, 3.8) is 0 Å². The van der Waals surface area contributed by atoms with Crippen LogP contribution in [0.1, 0.15) is 27.7 Å². The van der Waals surface area contributed by atoms with Crippen LogP contribution in [-0.2, 0) is 9.59 Å². The van der Waals surface area contributed by atoms with Gasteiger partial charge in [-0.15, -0.1) is 0 Å². The summed E-state index contributed by atoms with van der Waals surface area (Å²) in [7, 11) is 0. The number of aliphatic hydroxyl groups excluding tert-OH is 4. The van der Waals surface area contributed by atoms with E-state index < -0.39 is 61.4 Å². The van der Waals surface area contributed by atoms with E-state index >= 15 is 0 Å². The lowest BCUT2D eigenvalue weighted by molar-refractivity contribution is -0.128. The van der Waals surface area contributed by atoms with Crippen LogP contribution >= 0.6 is 0 Å². The smallest absolute Gasteiger partial charge is 0.249 e. The van der Waals surface area contributed by atoms with Gasteiger partial charge < -0.3 is 31.1 Å². The predicted octanol–water partition coefficient (Wildman–Crippen LogP) is -2.07. The second kappa shape index (κ2) is 9.62. The van der Waals surface area contributed by atoms with E-state index in [0.717, 1.165) is 0 Å². The zero-order valence-corrected chi connectivity index (χ0v) is 14.5. The SMILES string of the molecule is CC(C)(/N=N/C(C)(C)C(=O)NC(CO)CO)C(=O)NC(CO)CO. The molecule has 24 heavy (non-hydrogen) atoms. The molecule has 2 amide bonds. The van der Waals surface area contributed by atoms with Crippen molar-refractivity contribution >= 4 is 11.8 Å². The maximum atomic E-state index is 12.1. The third-order valence-corrected chi connectivity index (χ3v) is 3.21. The number of rotatable bonds is 10. The summed E-state index contributed by atoms with van der Waals surface area (Å²) >= 11 is 0. The minimum atomic E-state index is -1.33. The maximum absolute atomic E-state index is 12.1. The minimum Gasteiger partial charge on any atom is -0.394 e. The molecule has 140 valence electrons. The predicted molar refractivity (Wildman–Crippen MR) is 85.2 cm³/mol. The Balaban J connectivity index is 4.98. The normalized spacial score (nSPS) is 12.9. The van der Waals surface area contributed by atoms with Crippen LogP contribution in [0.25, 0.3) is 0 Å². The molecule has 0 aliphatic heterocycles. The lowest BCUT2D eigenvalue weighted by Gasteiger charge is -2.25. The summed E-state index contributed by atoms with van der Waals surface area (Å²) in [5.74, 6) is -1.14. The van der Waals surface area contributed by atoms with Crippen molar-refractivity contribution in [1.82, 2.24) is 10.6 Å². The zero-order chi connectivity index (χ0) is 19.0. The molecule has 0 rings (SSSR count). The average molecular weight is 348 g/mol. The third kappa shape index (κ3) is 6.87. The first kappa shape index (κ1) is 22.4. The Morgan fingerprint density at radius 2 is 1.00 bits per heavy atom. The number of nitrogens with zero attached hydrogens (tertiary/aromatic N) is 2. The number of azo groups is 1. The van der Waals surface area contributed by atoms with E-state index in [9.17, 15) is 9.59 Å². The number of nitrogens with one attached hydrogen (secondary N) is 2. The largest absolute Gasteiger partial charge is 0.394 e. The summed E-state index contributed by atoms with van der Waals surface area (Å²) in [4.78, 5) is 24.2. The summed E-state index contributed by atoms with van der Waals surface area (Å²) in [5.41, 5.74) is -2.65. The van der Waals surface area contributed by atoms with E-state index in [1.807, 2.05) is 0 Å². The fraction of sp³-hybridized carbons (Fsp3) is 0.857. The third-order valence-electron chi connectivity index (χ3n) is 3.21. The summed E-state index contributed by atoms with van der Waals surface area (Å²) in [6, 6.07) is -1.61. The molecule has 0 aliphatic carbocycles. The molecule has 0 bridgehead atoms. The molecule has 0 unspecified atom stereocenters. The highest BCUT2D eigenvalue weighted by atomic mass is 16.3. The summed E-state index contributed by atoms with van der Waals surface area (Å²) in [6.07, 6.45) is 0. The first-order valence-corrected chi connectivity index (χ1v) is 7.53. The molecule has 0 fully saturated rings. The van der Waals surface area contributed by atoms with Gasteiger partial charge in [0.25, 0.3) is 0 Å². The van der Waals surface area contributed by atoms with Crippen LogP contribution in [0.2, 0.25) is 0 Å². The van der Waals surface area contributed by atoms with Crippen LogP contribution in [0.3, 0.4) is 0 Å². The molecular formula is C14H28N4O6. The van der Waals surface area contributed by atoms with Gasteiger partial charge >= 0.3 is 0 Å². The van der Waals surface area contributed by atoms with E-state index in [1.54, 1.807) is 0 Å². The van der Waals surface area contributed by atoms with E-state index in [1.165, 1.54) is 27.7 Å². The Hall–Kier alpha value is -1.62. The van der Waals surface area contributed by atoms with Crippen LogP contribution in [0, 0.1) is 0 Å². The molecule has 0 aliphatic rings. The molecule has 0 aromatic carbocycles. The van der Waals surface area contributed by atoms with Gasteiger partial charge in [-0.2, -0.15) is 10.2 Å². The molecule has 0 spiro atoms. The van der Waals surface area contributed by atoms with Crippen LogP contribution in [0.4, 0.5) is 0 Å². The standard InChI is InChI=1S/C14H28N4O6/c1-13(2,11(23)15-9(5-19)6-20)17-18-14(3,4)12(24)16-10(7-21)8-22/h9-10,19-22H,5-8H2,1-4H3,(H,15,23)(H,16,24)/b18-17+. The number of hydrogen-bond donors (Lipinski definition) is 6. The van der Waals surface area contributed by atoms with Crippen molar-refractivity contribution in [1.29, 1.82) is 0 Å². The van der Waals surface area contributed by atoms with Crippen molar-refractivity contribution in [3.8, 4) is 0 Å². The molecular weight excluding hydrogens is 320 g/mol. The van der Waals surface area contributed by atoms with Crippen LogP contribution in [0.15, 0.2) is 10.2 Å². The molecule has 0 saturated heterocycles. The fourth-order valence-corrected chi connectivity index (χ4v) is 1.36. The van der Waals surface area contributed by atoms with Gasteiger partial charge in [-0.3, -0.25) is 9.59 Å². The van der Waals surface area contributed by atoms with Crippen molar-refractivity contribution in [2.45, 2.75) is 50.9 Å². The summed E-state index contributed by atoms with van der Waals surface area (Å²) in [6.45, 7) is 4.18. The first-order chi connectivity index (χ1) is 11.0. The molecule has 0 heterocycles. The molecule has 0 aromatic heterocycles. The Kier molecular flexibility index (Phi) is 8.97. The van der Waals surface area contributed by atoms with Gasteiger partial charge in [-0.1, -0.05) is 0 Å². The van der Waals surface area contributed by atoms with E-state index in [2.05, 4.69) is 20.9 Å². The number of carbonyl (C=O) groups is 2. The highest BCUT2D eigenvalue weighted by molar-refractivity contribution is 5.87. The molecule has 0 radical (unpaired) electrons. The van der Waals surface area contributed by atoms with Gasteiger partial charge in [0.15, 0.2) is 11.1 Å². The van der Waals surface area contributed by atoms with E-state index in [0.29, 0.717) is 0 Å². The van der Waals surface area contributed by atoms with Crippen LogP contribution < -0.4 is 10.6 Å². The monoisotopic (exact) mass is 348 g/mol. The highest BCUT2D eigenvalue weighted by Gasteiger charge is 2.33. The lowest BCUT2D eigenvalue weighted by Crippen LogP contribution is -2.50. The van der Waals surface area contributed by atoms with Crippen LogP contribution in [-0.4, -0.2) is 81.8 Å². The van der Waals surface area contributed by atoms with Gasteiger partial charge in [-0.05, 0) is 27.7 Å². The van der Waals surface area contributed by atoms with Crippen molar-refractivity contribution in [2.24, 2.45) is 10.2 Å². The number of amides is 2. The second-order valence-corrected chi connectivity index (χ2v) is 6.39. The lowest BCUT2D eigenvalue weighted by atomic mass is 10.0. The Morgan fingerprint density at radius 1 is 0.750 bits per heavy atom. The van der Waals surface area contributed by atoms with Crippen molar-refractivity contribution < 1.29 is 30.0 Å². The number of carbonyl (C=O) groups excluding carboxylic acids is 2. The zero-order valence-electron chi connectivity index (χ0n) is 14.5. The van der Waals surface area contributed by atoms with E-state index in [-0.39, 0.29) is 0 Å². The first-order valence-electron chi connectivity index (χ1n) is 7.53. The topological polar surface area (TPSA) is 164 Å². The van der Waals surface area contributed by atoms with Crippen molar-refractivity contribution in [2.75, 3.05) is 26.4 Å². The van der Waals surface area contributed by atoms with Gasteiger partial charge in [0, 0.05) is 0 Å². The Bertz CT molecular complexity index is 405. The quantitative estimate of drug-likeness (QED) is 0.248. The molecule has 10 heteroatoms. The van der Waals surface area contributed by atoms with E-state index in [4.69, 9.17) is 20.4 Å². The molecule has 0 atom stereocenters. The molecule has 0 aromatic rings. The molecule has 6 N–H and O–H groups in total. The van der Waals surface area contributed by atoms with Crippen LogP contribution in [0.5, 0.6) is 0 Å². The van der Waals surface area contributed by atoms with Gasteiger partial charge in [0.05, 0.1) is 38.5 Å².